The van der Waals surface area contributed by atoms with Gasteiger partial charge in [0, 0.05) is 31.4 Å². The number of pyridine rings is 1. The molecule has 0 fully saturated rings. The number of aryl methyl sites for hydroxylation is 1. The quantitative estimate of drug-likeness (QED) is 0.693. The Bertz CT molecular complexity index is 897. The van der Waals surface area contributed by atoms with Gasteiger partial charge in [0.05, 0.1) is 6.07 Å². The fourth-order valence-electron chi connectivity index (χ4n) is 2.66. The molecule has 0 saturated heterocycles. The monoisotopic (exact) mass is 331 g/mol. The maximum absolute atomic E-state index is 12.5. The molecule has 2 heterocycles. The molecule has 0 N–H and O–H groups in total. The lowest BCUT2D eigenvalue weighted by Crippen LogP contribution is -2.16. The van der Waals surface area contributed by atoms with Gasteiger partial charge in [-0.2, -0.15) is 5.26 Å². The fourth-order valence-corrected chi connectivity index (χ4v) is 2.66. The van der Waals surface area contributed by atoms with E-state index in [1.807, 2.05) is 42.5 Å². The lowest BCUT2D eigenvalue weighted by atomic mass is 9.99. The van der Waals surface area contributed by atoms with Crippen LogP contribution in [0.1, 0.15) is 23.7 Å². The van der Waals surface area contributed by atoms with E-state index in [-0.39, 0.29) is 12.2 Å². The summed E-state index contributed by atoms with van der Waals surface area (Å²) in [4.78, 5) is 16.6. The molecule has 0 radical (unpaired) electrons. The van der Waals surface area contributed by atoms with Crippen molar-refractivity contribution in [1.82, 2.24) is 19.7 Å². The van der Waals surface area contributed by atoms with Gasteiger partial charge in [0.15, 0.2) is 23.3 Å². The second kappa shape index (κ2) is 7.49. The minimum absolute atomic E-state index is 0.165. The third-order valence-corrected chi connectivity index (χ3v) is 4.03. The van der Waals surface area contributed by atoms with Crippen molar-refractivity contribution in [2.24, 2.45) is 7.05 Å². The van der Waals surface area contributed by atoms with Gasteiger partial charge in [0.2, 0.25) is 0 Å². The molecule has 0 unspecified atom stereocenters. The van der Waals surface area contributed by atoms with E-state index in [0.29, 0.717) is 18.1 Å². The lowest BCUT2D eigenvalue weighted by molar-refractivity contribution is -0.119. The molecule has 6 nitrogen and oxygen atoms in total. The SMILES string of the molecule is Cn1c(-c2ccccc2)nnc1[C@H](C#N)C(=O)CCc1cccnc1. The molecule has 0 saturated carbocycles. The zero-order valence-corrected chi connectivity index (χ0v) is 13.8. The van der Waals surface area contributed by atoms with Crippen molar-refractivity contribution >= 4 is 5.78 Å². The Kier molecular flexibility index (Phi) is 4.95. The number of hydrogen-bond acceptors (Lipinski definition) is 5. The largest absolute Gasteiger partial charge is 0.313 e. The number of Topliss-reactive ketones (excluding diaryl/α,β-unsaturated/α-hetero) is 1. The highest BCUT2D eigenvalue weighted by Gasteiger charge is 2.26. The van der Waals surface area contributed by atoms with Crippen molar-refractivity contribution < 1.29 is 4.79 Å². The Morgan fingerprint density at radius 3 is 2.68 bits per heavy atom. The molecule has 1 atom stereocenters. The van der Waals surface area contributed by atoms with Crippen LogP contribution in [0.2, 0.25) is 0 Å². The smallest absolute Gasteiger partial charge is 0.164 e. The molecule has 0 aliphatic rings. The Labute approximate surface area is 145 Å². The van der Waals surface area contributed by atoms with E-state index in [1.54, 1.807) is 24.0 Å². The predicted octanol–water partition coefficient (Wildman–Crippen LogP) is 2.69. The summed E-state index contributed by atoms with van der Waals surface area (Å²) in [5.74, 6) is -0.0819. The summed E-state index contributed by atoms with van der Waals surface area (Å²) in [6, 6.07) is 15.4. The van der Waals surface area contributed by atoms with Crippen LogP contribution in [0.4, 0.5) is 0 Å². The van der Waals surface area contributed by atoms with Crippen molar-refractivity contribution in [3.05, 3.63) is 66.2 Å². The van der Waals surface area contributed by atoms with Gasteiger partial charge < -0.3 is 4.57 Å². The highest BCUT2D eigenvalue weighted by Crippen LogP contribution is 2.22. The number of nitrogens with zero attached hydrogens (tertiary/aromatic N) is 5. The van der Waals surface area contributed by atoms with Crippen LogP contribution in [0.15, 0.2) is 54.9 Å². The Morgan fingerprint density at radius 2 is 2.00 bits per heavy atom. The number of hydrogen-bond donors (Lipinski definition) is 0. The molecule has 0 aliphatic heterocycles. The van der Waals surface area contributed by atoms with Gasteiger partial charge in [-0.15, -0.1) is 10.2 Å². The topological polar surface area (TPSA) is 84.5 Å². The van der Waals surface area contributed by atoms with Crippen LogP contribution in [0.25, 0.3) is 11.4 Å². The first kappa shape index (κ1) is 16.5. The number of nitriles is 1. The van der Waals surface area contributed by atoms with E-state index < -0.39 is 5.92 Å². The van der Waals surface area contributed by atoms with Crippen LogP contribution in [0.3, 0.4) is 0 Å². The second-order valence-electron chi connectivity index (χ2n) is 5.70. The highest BCUT2D eigenvalue weighted by molar-refractivity contribution is 5.87. The standard InChI is InChI=1S/C19H17N5O/c1-24-18(15-7-3-2-4-8-15)22-23-19(24)16(12-20)17(25)10-9-14-6-5-11-21-13-14/h2-8,11,13,16H,9-10H2,1H3/t16-/m1/s1. The molecule has 0 spiro atoms. The van der Waals surface area contributed by atoms with Crippen LogP contribution in [-0.2, 0) is 18.3 Å². The molecule has 0 aliphatic carbocycles. The van der Waals surface area contributed by atoms with E-state index in [2.05, 4.69) is 21.3 Å². The minimum atomic E-state index is -0.924. The summed E-state index contributed by atoms with van der Waals surface area (Å²) in [6.45, 7) is 0. The number of benzene rings is 1. The van der Waals surface area contributed by atoms with Crippen molar-refractivity contribution in [3.8, 4) is 17.5 Å². The van der Waals surface area contributed by atoms with Crippen LogP contribution < -0.4 is 0 Å². The molecular formula is C19H17N5O. The lowest BCUT2D eigenvalue weighted by Gasteiger charge is -2.09. The van der Waals surface area contributed by atoms with Gasteiger partial charge in [-0.3, -0.25) is 9.78 Å². The van der Waals surface area contributed by atoms with Crippen molar-refractivity contribution in [2.75, 3.05) is 0 Å². The Morgan fingerprint density at radius 1 is 1.20 bits per heavy atom. The molecule has 2 aromatic heterocycles. The van der Waals surface area contributed by atoms with Gasteiger partial charge in [-0.05, 0) is 18.1 Å². The minimum Gasteiger partial charge on any atom is -0.313 e. The summed E-state index contributed by atoms with van der Waals surface area (Å²) >= 11 is 0. The maximum atomic E-state index is 12.5. The summed E-state index contributed by atoms with van der Waals surface area (Å²) < 4.78 is 1.71. The Balaban J connectivity index is 1.78. The summed E-state index contributed by atoms with van der Waals surface area (Å²) in [5, 5.41) is 17.7. The van der Waals surface area contributed by atoms with Gasteiger partial charge >= 0.3 is 0 Å². The molecule has 1 aromatic carbocycles. The molecule has 124 valence electrons. The molecular weight excluding hydrogens is 314 g/mol. The van der Waals surface area contributed by atoms with Gasteiger partial charge in [0.25, 0.3) is 0 Å². The first-order valence-electron chi connectivity index (χ1n) is 7.96. The molecule has 25 heavy (non-hydrogen) atoms. The van der Waals surface area contributed by atoms with Crippen molar-refractivity contribution in [2.45, 2.75) is 18.8 Å². The average molecular weight is 331 g/mol. The van der Waals surface area contributed by atoms with Crippen LogP contribution in [0.5, 0.6) is 0 Å². The van der Waals surface area contributed by atoms with Crippen LogP contribution in [0, 0.1) is 11.3 Å². The molecule has 3 aromatic rings. The molecule has 0 bridgehead atoms. The zero-order chi connectivity index (χ0) is 17.6. The van der Waals surface area contributed by atoms with E-state index in [4.69, 9.17) is 0 Å². The van der Waals surface area contributed by atoms with E-state index in [0.717, 1.165) is 11.1 Å². The number of carbonyl (C=O) groups is 1. The fraction of sp³-hybridized carbons (Fsp3) is 0.211. The average Bonchev–Trinajstić information content (AvgIpc) is 3.04. The first-order chi connectivity index (χ1) is 12.2. The number of ketones is 1. The molecule has 6 heteroatoms. The third kappa shape index (κ3) is 3.61. The molecule has 0 amide bonds. The van der Waals surface area contributed by atoms with E-state index in [9.17, 15) is 10.1 Å². The maximum Gasteiger partial charge on any atom is 0.164 e. The first-order valence-corrected chi connectivity index (χ1v) is 7.96. The normalized spacial score (nSPS) is 11.7. The van der Waals surface area contributed by atoms with Crippen molar-refractivity contribution in [1.29, 1.82) is 5.26 Å². The summed E-state index contributed by atoms with van der Waals surface area (Å²) in [5.41, 5.74) is 1.86. The zero-order valence-electron chi connectivity index (χ0n) is 13.8. The van der Waals surface area contributed by atoms with Crippen LogP contribution in [-0.4, -0.2) is 25.5 Å². The van der Waals surface area contributed by atoms with Gasteiger partial charge in [-0.1, -0.05) is 36.4 Å². The third-order valence-electron chi connectivity index (χ3n) is 4.03. The highest BCUT2D eigenvalue weighted by atomic mass is 16.1. The van der Waals surface area contributed by atoms with E-state index >= 15 is 0 Å². The number of aromatic nitrogens is 4. The Hall–Kier alpha value is -3.33. The molecule has 3 rings (SSSR count). The predicted molar refractivity (Wildman–Crippen MR) is 92.4 cm³/mol. The van der Waals surface area contributed by atoms with Gasteiger partial charge in [-0.25, -0.2) is 0 Å². The van der Waals surface area contributed by atoms with E-state index in [1.165, 1.54) is 0 Å². The summed E-state index contributed by atoms with van der Waals surface area (Å²) in [6.07, 6.45) is 4.23. The van der Waals surface area contributed by atoms with Gasteiger partial charge in [0.1, 0.15) is 0 Å². The van der Waals surface area contributed by atoms with Crippen LogP contribution >= 0.6 is 0 Å². The second-order valence-corrected chi connectivity index (χ2v) is 5.70. The number of rotatable bonds is 6. The van der Waals surface area contributed by atoms with Crippen molar-refractivity contribution in [3.63, 3.8) is 0 Å². The summed E-state index contributed by atoms with van der Waals surface area (Å²) in [7, 11) is 1.77. The number of carbonyl (C=O) groups excluding carboxylic acids is 1.